The number of hydrogen-bond donors (Lipinski definition) is 0. The maximum absolute atomic E-state index is 13.0. The van der Waals surface area contributed by atoms with Crippen molar-refractivity contribution in [1.82, 2.24) is 14.5 Å². The lowest BCUT2D eigenvalue weighted by molar-refractivity contribution is -0.133. The van der Waals surface area contributed by atoms with Gasteiger partial charge in [0.15, 0.2) is 10.9 Å². The molecule has 1 aliphatic heterocycles. The molecular weight excluding hydrogens is 394 g/mol. The van der Waals surface area contributed by atoms with Gasteiger partial charge in [-0.1, -0.05) is 60.6 Å². The minimum absolute atomic E-state index is 0.0648. The number of benzene rings is 2. The van der Waals surface area contributed by atoms with Crippen LogP contribution in [0.3, 0.4) is 0 Å². The maximum Gasteiger partial charge on any atom is 0.242 e. The van der Waals surface area contributed by atoms with Gasteiger partial charge in [-0.25, -0.2) is 4.98 Å². The molecule has 0 aliphatic carbocycles. The normalized spacial score (nSPS) is 14.9. The summed E-state index contributed by atoms with van der Waals surface area (Å²) in [6, 6.07) is 15.5. The van der Waals surface area contributed by atoms with Crippen LogP contribution in [0.15, 0.2) is 53.7 Å². The molecule has 1 aliphatic rings. The van der Waals surface area contributed by atoms with E-state index in [0.717, 1.165) is 47.7 Å². The van der Waals surface area contributed by atoms with E-state index in [1.54, 1.807) is 0 Å². The smallest absolute Gasteiger partial charge is 0.242 e. The number of carbonyl (C=O) groups is 2. The molecule has 6 heteroatoms. The summed E-state index contributed by atoms with van der Waals surface area (Å²) in [4.78, 5) is 32.2. The minimum Gasteiger partial charge on any atom is -0.341 e. The number of aryl methyl sites for hydroxylation is 1. The molecule has 0 atom stereocenters. The largest absolute Gasteiger partial charge is 0.341 e. The second-order valence-electron chi connectivity index (χ2n) is 8.11. The van der Waals surface area contributed by atoms with E-state index in [-0.39, 0.29) is 18.2 Å². The Hall–Kier alpha value is -2.60. The molecule has 0 bridgehead atoms. The number of para-hydroxylation sites is 2. The second-order valence-corrected chi connectivity index (χ2v) is 9.05. The van der Waals surface area contributed by atoms with Gasteiger partial charge in [0, 0.05) is 18.7 Å². The predicted octanol–water partition coefficient (Wildman–Crippen LogP) is 4.58. The Balaban J connectivity index is 1.52. The van der Waals surface area contributed by atoms with Gasteiger partial charge in [0.05, 0.1) is 16.8 Å². The Bertz CT molecular complexity index is 1050. The molecule has 156 valence electrons. The van der Waals surface area contributed by atoms with E-state index in [1.165, 1.54) is 11.8 Å². The van der Waals surface area contributed by atoms with E-state index >= 15 is 0 Å². The SMILES string of the molecule is Cc1ccc(C(=O)CSc2nc3ccccc3n2CC(=O)N2CCC(C)CC2)cc1. The summed E-state index contributed by atoms with van der Waals surface area (Å²) in [5, 5.41) is 0.718. The van der Waals surface area contributed by atoms with Gasteiger partial charge in [-0.15, -0.1) is 0 Å². The molecule has 5 nitrogen and oxygen atoms in total. The first-order chi connectivity index (χ1) is 14.5. The summed E-state index contributed by atoms with van der Waals surface area (Å²) in [5.74, 6) is 1.16. The number of fused-ring (bicyclic) bond motifs is 1. The van der Waals surface area contributed by atoms with Crippen molar-refractivity contribution in [2.75, 3.05) is 18.8 Å². The summed E-state index contributed by atoms with van der Waals surface area (Å²) in [5.41, 5.74) is 3.62. The molecule has 2 aromatic carbocycles. The fourth-order valence-electron chi connectivity index (χ4n) is 3.76. The second kappa shape index (κ2) is 9.04. The molecule has 1 aromatic heterocycles. The molecule has 0 radical (unpaired) electrons. The van der Waals surface area contributed by atoms with E-state index in [1.807, 2.05) is 64.9 Å². The highest BCUT2D eigenvalue weighted by molar-refractivity contribution is 7.99. The Morgan fingerprint density at radius 1 is 1.07 bits per heavy atom. The van der Waals surface area contributed by atoms with Crippen LogP contribution in [0.25, 0.3) is 11.0 Å². The van der Waals surface area contributed by atoms with E-state index in [2.05, 4.69) is 6.92 Å². The molecule has 1 fully saturated rings. The molecule has 0 saturated carbocycles. The number of thioether (sulfide) groups is 1. The van der Waals surface area contributed by atoms with Gasteiger partial charge in [0.25, 0.3) is 0 Å². The summed E-state index contributed by atoms with van der Waals surface area (Å²) in [6.45, 7) is 6.15. The van der Waals surface area contributed by atoms with Crippen LogP contribution >= 0.6 is 11.8 Å². The Morgan fingerprint density at radius 3 is 2.50 bits per heavy atom. The minimum atomic E-state index is 0.0648. The van der Waals surface area contributed by atoms with Crippen LogP contribution < -0.4 is 0 Å². The number of carbonyl (C=O) groups excluding carboxylic acids is 2. The lowest BCUT2D eigenvalue weighted by Crippen LogP contribution is -2.39. The van der Waals surface area contributed by atoms with Crippen molar-refractivity contribution < 1.29 is 9.59 Å². The lowest BCUT2D eigenvalue weighted by Gasteiger charge is -2.30. The average Bonchev–Trinajstić information content (AvgIpc) is 3.10. The number of rotatable bonds is 6. The molecule has 1 saturated heterocycles. The molecule has 30 heavy (non-hydrogen) atoms. The number of nitrogens with zero attached hydrogens (tertiary/aromatic N) is 3. The number of aromatic nitrogens is 2. The molecule has 0 N–H and O–H groups in total. The van der Waals surface area contributed by atoms with Crippen molar-refractivity contribution in [2.24, 2.45) is 5.92 Å². The van der Waals surface area contributed by atoms with Crippen LogP contribution in [0.5, 0.6) is 0 Å². The van der Waals surface area contributed by atoms with Gasteiger partial charge in [-0.2, -0.15) is 0 Å². The fraction of sp³-hybridized carbons (Fsp3) is 0.375. The van der Waals surface area contributed by atoms with Crippen molar-refractivity contribution in [3.8, 4) is 0 Å². The van der Waals surface area contributed by atoms with Crippen LogP contribution in [0, 0.1) is 12.8 Å². The topological polar surface area (TPSA) is 55.2 Å². The zero-order valence-electron chi connectivity index (χ0n) is 17.5. The first-order valence-electron chi connectivity index (χ1n) is 10.5. The molecule has 4 rings (SSSR count). The predicted molar refractivity (Wildman–Crippen MR) is 121 cm³/mol. The standard InChI is InChI=1S/C24H27N3O2S/c1-17-7-9-19(10-8-17)22(28)16-30-24-25-20-5-3-4-6-21(20)27(24)15-23(29)26-13-11-18(2)12-14-26/h3-10,18H,11-16H2,1-2H3. The van der Waals surface area contributed by atoms with Crippen molar-refractivity contribution in [2.45, 2.75) is 38.4 Å². The van der Waals surface area contributed by atoms with E-state index < -0.39 is 0 Å². The molecule has 0 spiro atoms. The van der Waals surface area contributed by atoms with Gasteiger partial charge in [-0.05, 0) is 37.8 Å². The number of piperidine rings is 1. The summed E-state index contributed by atoms with van der Waals surface area (Å²) >= 11 is 1.40. The van der Waals surface area contributed by atoms with Crippen LogP contribution in [-0.4, -0.2) is 45.0 Å². The van der Waals surface area contributed by atoms with E-state index in [9.17, 15) is 9.59 Å². The third kappa shape index (κ3) is 4.59. The number of Topliss-reactive ketones (excluding diaryl/α,β-unsaturated/α-hetero) is 1. The number of likely N-dealkylation sites (tertiary alicyclic amines) is 1. The Kier molecular flexibility index (Phi) is 6.23. The monoisotopic (exact) mass is 421 g/mol. The Labute approximate surface area is 181 Å². The molecule has 0 unspecified atom stereocenters. The first-order valence-corrected chi connectivity index (χ1v) is 11.5. The highest BCUT2D eigenvalue weighted by Gasteiger charge is 2.22. The van der Waals surface area contributed by atoms with Crippen LogP contribution in [0.4, 0.5) is 0 Å². The average molecular weight is 422 g/mol. The van der Waals surface area contributed by atoms with E-state index in [4.69, 9.17) is 4.98 Å². The Morgan fingerprint density at radius 2 is 1.77 bits per heavy atom. The van der Waals surface area contributed by atoms with Gasteiger partial charge in [0.1, 0.15) is 6.54 Å². The molecule has 1 amide bonds. The molecular formula is C24H27N3O2S. The van der Waals surface area contributed by atoms with Crippen LogP contribution in [0.1, 0.15) is 35.7 Å². The number of imidazole rings is 1. The highest BCUT2D eigenvalue weighted by Crippen LogP contribution is 2.26. The highest BCUT2D eigenvalue weighted by atomic mass is 32.2. The van der Waals surface area contributed by atoms with E-state index in [0.29, 0.717) is 17.2 Å². The number of ketones is 1. The molecule has 3 aromatic rings. The maximum atomic E-state index is 13.0. The van der Waals surface area contributed by atoms with Crippen molar-refractivity contribution in [1.29, 1.82) is 0 Å². The number of hydrogen-bond acceptors (Lipinski definition) is 4. The van der Waals surface area contributed by atoms with Gasteiger partial charge in [-0.3, -0.25) is 9.59 Å². The van der Waals surface area contributed by atoms with Gasteiger partial charge >= 0.3 is 0 Å². The van der Waals surface area contributed by atoms with Crippen molar-refractivity contribution >= 4 is 34.5 Å². The zero-order valence-corrected chi connectivity index (χ0v) is 18.3. The third-order valence-electron chi connectivity index (χ3n) is 5.76. The van der Waals surface area contributed by atoms with Crippen LogP contribution in [-0.2, 0) is 11.3 Å². The zero-order chi connectivity index (χ0) is 21.1. The van der Waals surface area contributed by atoms with Crippen LogP contribution in [0.2, 0.25) is 0 Å². The number of amides is 1. The van der Waals surface area contributed by atoms with Crippen molar-refractivity contribution in [3.05, 3.63) is 59.7 Å². The summed E-state index contributed by atoms with van der Waals surface area (Å²) < 4.78 is 1.96. The molecule has 2 heterocycles. The summed E-state index contributed by atoms with van der Waals surface area (Å²) in [7, 11) is 0. The van der Waals surface area contributed by atoms with Crippen molar-refractivity contribution in [3.63, 3.8) is 0 Å². The quantitative estimate of drug-likeness (QED) is 0.432. The third-order valence-corrected chi connectivity index (χ3v) is 6.73. The van der Waals surface area contributed by atoms with Gasteiger partial charge < -0.3 is 9.47 Å². The van der Waals surface area contributed by atoms with Gasteiger partial charge in [0.2, 0.25) is 5.91 Å². The lowest BCUT2D eigenvalue weighted by atomic mass is 9.99. The summed E-state index contributed by atoms with van der Waals surface area (Å²) in [6.07, 6.45) is 2.12. The fourth-order valence-corrected chi connectivity index (χ4v) is 4.67. The first kappa shape index (κ1) is 20.7.